The molecule has 1 aliphatic heterocycles. The van der Waals surface area contributed by atoms with Gasteiger partial charge >= 0.3 is 0 Å². The van der Waals surface area contributed by atoms with Gasteiger partial charge in [0.2, 0.25) is 5.91 Å². The summed E-state index contributed by atoms with van der Waals surface area (Å²) in [6.45, 7) is 3.05. The van der Waals surface area contributed by atoms with Crippen molar-refractivity contribution in [1.29, 1.82) is 0 Å². The number of hydrogen-bond acceptors (Lipinski definition) is 4. The van der Waals surface area contributed by atoms with Crippen LogP contribution < -0.4 is 10.6 Å². The Hall–Kier alpha value is -0.260. The Bertz CT molecular complexity index is 196. The predicted molar refractivity (Wildman–Crippen MR) is 67.7 cm³/mol. The quantitative estimate of drug-likeness (QED) is 0.568. The van der Waals surface area contributed by atoms with Gasteiger partial charge in [-0.3, -0.25) is 4.79 Å². The third-order valence-corrected chi connectivity index (χ3v) is 4.02. The number of piperidine rings is 1. The summed E-state index contributed by atoms with van der Waals surface area (Å²) >= 11 is 1.77. The van der Waals surface area contributed by atoms with Crippen molar-refractivity contribution < 1.29 is 9.90 Å². The molecule has 0 aliphatic carbocycles. The van der Waals surface area contributed by atoms with Crippen LogP contribution >= 0.6 is 11.8 Å². The number of thioether (sulfide) groups is 1. The number of nitrogens with one attached hydrogen (secondary N) is 2. The van der Waals surface area contributed by atoms with Crippen molar-refractivity contribution in [3.05, 3.63) is 0 Å². The highest BCUT2D eigenvalue weighted by Gasteiger charge is 2.14. The summed E-state index contributed by atoms with van der Waals surface area (Å²) in [6, 6.07) is 0. The maximum absolute atomic E-state index is 11.4. The van der Waals surface area contributed by atoms with E-state index in [1.807, 2.05) is 0 Å². The van der Waals surface area contributed by atoms with Crippen molar-refractivity contribution in [2.75, 3.05) is 32.0 Å². The lowest BCUT2D eigenvalue weighted by Gasteiger charge is -2.21. The van der Waals surface area contributed by atoms with Crippen LogP contribution in [0.5, 0.6) is 0 Å². The molecule has 0 aromatic heterocycles. The number of hydrogen-bond donors (Lipinski definition) is 3. The SMILES string of the molecule is O=C(CSC1CCNCC1)NCCCCO. The molecule has 1 saturated heterocycles. The summed E-state index contributed by atoms with van der Waals surface area (Å²) in [5.41, 5.74) is 0. The molecule has 1 amide bonds. The molecule has 0 spiro atoms. The summed E-state index contributed by atoms with van der Waals surface area (Å²) in [7, 11) is 0. The van der Waals surface area contributed by atoms with Gasteiger partial charge in [-0.15, -0.1) is 11.8 Å². The van der Waals surface area contributed by atoms with E-state index < -0.39 is 0 Å². The molecule has 16 heavy (non-hydrogen) atoms. The number of aliphatic hydroxyl groups is 1. The highest BCUT2D eigenvalue weighted by Crippen LogP contribution is 2.19. The summed E-state index contributed by atoms with van der Waals surface area (Å²) < 4.78 is 0. The lowest BCUT2D eigenvalue weighted by molar-refractivity contribution is -0.118. The first-order valence-corrected chi connectivity index (χ1v) is 7.07. The van der Waals surface area contributed by atoms with E-state index in [0.29, 0.717) is 17.5 Å². The van der Waals surface area contributed by atoms with Gasteiger partial charge in [0, 0.05) is 18.4 Å². The van der Waals surface area contributed by atoms with E-state index in [9.17, 15) is 4.79 Å². The Morgan fingerprint density at radius 1 is 1.38 bits per heavy atom. The van der Waals surface area contributed by atoms with E-state index in [1.54, 1.807) is 11.8 Å². The molecule has 0 aromatic carbocycles. The Morgan fingerprint density at radius 2 is 2.12 bits per heavy atom. The smallest absolute Gasteiger partial charge is 0.230 e. The van der Waals surface area contributed by atoms with E-state index in [-0.39, 0.29) is 12.5 Å². The van der Waals surface area contributed by atoms with Crippen molar-refractivity contribution in [3.8, 4) is 0 Å². The summed E-state index contributed by atoms with van der Waals surface area (Å²) in [5, 5.41) is 15.4. The standard InChI is InChI=1S/C11H22N2O2S/c14-8-2-1-5-13-11(15)9-16-10-3-6-12-7-4-10/h10,12,14H,1-9H2,(H,13,15). The van der Waals surface area contributed by atoms with Crippen molar-refractivity contribution in [2.24, 2.45) is 0 Å². The Kier molecular flexibility index (Phi) is 7.63. The van der Waals surface area contributed by atoms with Gasteiger partial charge in [0.05, 0.1) is 5.75 Å². The van der Waals surface area contributed by atoms with Gasteiger partial charge in [-0.25, -0.2) is 0 Å². The van der Waals surface area contributed by atoms with Crippen molar-refractivity contribution in [3.63, 3.8) is 0 Å². The van der Waals surface area contributed by atoms with Gasteiger partial charge in [0.15, 0.2) is 0 Å². The molecule has 1 fully saturated rings. The van der Waals surface area contributed by atoms with E-state index in [4.69, 9.17) is 5.11 Å². The fraction of sp³-hybridized carbons (Fsp3) is 0.909. The molecule has 4 nitrogen and oxygen atoms in total. The predicted octanol–water partition coefficient (Wildman–Crippen LogP) is 0.360. The van der Waals surface area contributed by atoms with Crippen LogP contribution in [0.2, 0.25) is 0 Å². The van der Waals surface area contributed by atoms with Gasteiger partial charge in [-0.2, -0.15) is 0 Å². The molecule has 1 heterocycles. The highest BCUT2D eigenvalue weighted by molar-refractivity contribution is 8.00. The lowest BCUT2D eigenvalue weighted by Crippen LogP contribution is -2.31. The monoisotopic (exact) mass is 246 g/mol. The number of unbranched alkanes of at least 4 members (excludes halogenated alkanes) is 1. The zero-order valence-electron chi connectivity index (χ0n) is 9.71. The third-order valence-electron chi connectivity index (χ3n) is 2.64. The second-order valence-electron chi connectivity index (χ2n) is 4.04. The average Bonchev–Trinajstić information content (AvgIpc) is 2.33. The topological polar surface area (TPSA) is 61.4 Å². The Morgan fingerprint density at radius 3 is 2.81 bits per heavy atom. The van der Waals surface area contributed by atoms with Crippen LogP contribution in [0.25, 0.3) is 0 Å². The van der Waals surface area contributed by atoms with Crippen LogP contribution in [-0.4, -0.2) is 48.3 Å². The minimum absolute atomic E-state index is 0.126. The zero-order chi connectivity index (χ0) is 11.6. The van der Waals surface area contributed by atoms with Crippen LogP contribution in [0.1, 0.15) is 25.7 Å². The van der Waals surface area contributed by atoms with Crippen LogP contribution in [0, 0.1) is 0 Å². The van der Waals surface area contributed by atoms with Crippen LogP contribution in [0.15, 0.2) is 0 Å². The lowest BCUT2D eigenvalue weighted by atomic mass is 10.2. The second-order valence-corrected chi connectivity index (χ2v) is 5.33. The van der Waals surface area contributed by atoms with E-state index in [0.717, 1.165) is 25.9 Å². The molecule has 0 saturated carbocycles. The molecule has 1 rings (SSSR count). The molecular weight excluding hydrogens is 224 g/mol. The van der Waals surface area contributed by atoms with Crippen LogP contribution in [0.3, 0.4) is 0 Å². The number of aliphatic hydroxyl groups excluding tert-OH is 1. The molecule has 0 radical (unpaired) electrons. The van der Waals surface area contributed by atoms with E-state index >= 15 is 0 Å². The first kappa shape index (κ1) is 13.8. The average molecular weight is 246 g/mol. The number of amides is 1. The van der Waals surface area contributed by atoms with Gasteiger partial charge in [0.25, 0.3) is 0 Å². The maximum atomic E-state index is 11.4. The van der Waals surface area contributed by atoms with Crippen LogP contribution in [0.4, 0.5) is 0 Å². The summed E-state index contributed by atoms with van der Waals surface area (Å²) in [4.78, 5) is 11.4. The van der Waals surface area contributed by atoms with Gasteiger partial charge < -0.3 is 15.7 Å². The summed E-state index contributed by atoms with van der Waals surface area (Å²) in [6.07, 6.45) is 3.97. The number of carbonyl (C=O) groups excluding carboxylic acids is 1. The number of rotatable bonds is 7. The molecule has 0 atom stereocenters. The highest BCUT2D eigenvalue weighted by atomic mass is 32.2. The van der Waals surface area contributed by atoms with Gasteiger partial charge in [-0.1, -0.05) is 0 Å². The third kappa shape index (κ3) is 6.35. The molecular formula is C11H22N2O2S. The number of carbonyl (C=O) groups is 1. The molecule has 0 aromatic rings. The molecule has 0 bridgehead atoms. The van der Waals surface area contributed by atoms with Crippen molar-refractivity contribution in [2.45, 2.75) is 30.9 Å². The molecule has 1 aliphatic rings. The van der Waals surface area contributed by atoms with Gasteiger partial charge in [0.1, 0.15) is 0 Å². The maximum Gasteiger partial charge on any atom is 0.230 e. The van der Waals surface area contributed by atoms with E-state index in [1.165, 1.54) is 12.8 Å². The zero-order valence-corrected chi connectivity index (χ0v) is 10.5. The minimum atomic E-state index is 0.126. The van der Waals surface area contributed by atoms with Crippen LogP contribution in [-0.2, 0) is 4.79 Å². The Labute approximate surface area is 102 Å². The fourth-order valence-corrected chi connectivity index (χ4v) is 2.73. The Balaban J connectivity index is 1.96. The van der Waals surface area contributed by atoms with Gasteiger partial charge in [-0.05, 0) is 38.8 Å². The molecule has 0 unspecified atom stereocenters. The molecule has 3 N–H and O–H groups in total. The van der Waals surface area contributed by atoms with Crippen molar-refractivity contribution >= 4 is 17.7 Å². The minimum Gasteiger partial charge on any atom is -0.396 e. The molecule has 94 valence electrons. The fourth-order valence-electron chi connectivity index (χ4n) is 1.67. The molecule has 5 heteroatoms. The normalized spacial score (nSPS) is 17.3. The summed E-state index contributed by atoms with van der Waals surface area (Å²) in [5.74, 6) is 0.700. The first-order valence-electron chi connectivity index (χ1n) is 6.03. The second kappa shape index (κ2) is 8.84. The first-order chi connectivity index (χ1) is 7.83. The largest absolute Gasteiger partial charge is 0.396 e. The van der Waals surface area contributed by atoms with Crippen molar-refractivity contribution in [1.82, 2.24) is 10.6 Å². The van der Waals surface area contributed by atoms with E-state index in [2.05, 4.69) is 10.6 Å².